The van der Waals surface area contributed by atoms with E-state index < -0.39 is 5.54 Å². The lowest BCUT2D eigenvalue weighted by molar-refractivity contribution is -0.127. The van der Waals surface area contributed by atoms with Crippen molar-refractivity contribution in [3.05, 3.63) is 51.5 Å². The first-order valence-electron chi connectivity index (χ1n) is 12.4. The molecule has 5 rings (SSSR count). The average molecular weight is 498 g/mol. The molecule has 3 heterocycles. The van der Waals surface area contributed by atoms with Gasteiger partial charge in [-0.3, -0.25) is 14.5 Å². The highest BCUT2D eigenvalue weighted by atomic mass is 35.5. The minimum atomic E-state index is -1.08. The van der Waals surface area contributed by atoms with E-state index in [0.29, 0.717) is 22.9 Å². The molecule has 7 heteroatoms. The summed E-state index contributed by atoms with van der Waals surface area (Å²) in [6, 6.07) is 9.87. The minimum absolute atomic E-state index is 0.0921. The Labute approximate surface area is 210 Å². The molecule has 1 N–H and O–H groups in total. The Hall–Kier alpha value is -2.31. The van der Waals surface area contributed by atoms with Gasteiger partial charge < -0.3 is 9.88 Å². The zero-order chi connectivity index (χ0) is 24.0. The van der Waals surface area contributed by atoms with E-state index in [-0.39, 0.29) is 17.9 Å². The van der Waals surface area contributed by atoms with Gasteiger partial charge in [0, 0.05) is 21.6 Å². The van der Waals surface area contributed by atoms with Crippen LogP contribution in [0.15, 0.2) is 30.3 Å². The number of carbonyl (C=O) groups is 2. The maximum atomic E-state index is 14.1. The lowest BCUT2D eigenvalue weighted by Gasteiger charge is -2.45. The fourth-order valence-corrected chi connectivity index (χ4v) is 6.69. The van der Waals surface area contributed by atoms with Crippen LogP contribution >= 0.6 is 22.9 Å². The molecule has 2 aromatic heterocycles. The number of nitrogens with one attached hydrogen (secondary N) is 1. The molecule has 180 valence electrons. The molecule has 2 amide bonds. The van der Waals surface area contributed by atoms with Crippen LogP contribution in [0.4, 0.5) is 5.69 Å². The van der Waals surface area contributed by atoms with Gasteiger partial charge in [0.1, 0.15) is 11.2 Å². The second kappa shape index (κ2) is 9.04. The number of thiophene rings is 1. The van der Waals surface area contributed by atoms with E-state index in [0.717, 1.165) is 47.9 Å². The first-order valence-corrected chi connectivity index (χ1v) is 13.6. The third-order valence-corrected chi connectivity index (χ3v) is 9.16. The lowest BCUT2D eigenvalue weighted by atomic mass is 9.92. The first-order chi connectivity index (χ1) is 16.3. The fourth-order valence-electron chi connectivity index (χ4n) is 5.48. The number of rotatable bonds is 4. The van der Waals surface area contributed by atoms with E-state index in [1.807, 2.05) is 38.1 Å². The van der Waals surface area contributed by atoms with Crippen LogP contribution in [0.25, 0.3) is 10.2 Å². The summed E-state index contributed by atoms with van der Waals surface area (Å²) in [6.45, 7) is 6.36. The van der Waals surface area contributed by atoms with Gasteiger partial charge in [0.15, 0.2) is 0 Å². The smallest absolute Gasteiger partial charge is 0.275 e. The normalized spacial score (nSPS) is 21.5. The number of nitrogens with zero attached hydrogens (tertiary/aromatic N) is 2. The van der Waals surface area contributed by atoms with E-state index in [1.54, 1.807) is 16.2 Å². The number of halogens is 1. The van der Waals surface area contributed by atoms with Crippen molar-refractivity contribution < 1.29 is 9.59 Å². The van der Waals surface area contributed by atoms with Gasteiger partial charge in [-0.05, 0) is 62.9 Å². The summed E-state index contributed by atoms with van der Waals surface area (Å²) in [7, 11) is 0. The van der Waals surface area contributed by atoms with Crippen LogP contribution < -0.4 is 10.2 Å². The number of hydrogen-bond acceptors (Lipinski definition) is 3. The zero-order valence-electron chi connectivity index (χ0n) is 20.1. The van der Waals surface area contributed by atoms with Crippen molar-refractivity contribution in [2.45, 2.75) is 83.8 Å². The van der Waals surface area contributed by atoms with Crippen molar-refractivity contribution in [2.75, 3.05) is 4.90 Å². The van der Waals surface area contributed by atoms with Crippen molar-refractivity contribution in [3.63, 3.8) is 0 Å². The molecule has 0 unspecified atom stereocenters. The maximum Gasteiger partial charge on any atom is 0.275 e. The molecule has 0 spiro atoms. The Morgan fingerprint density at radius 2 is 1.94 bits per heavy atom. The van der Waals surface area contributed by atoms with Crippen molar-refractivity contribution in [1.82, 2.24) is 9.88 Å². The Morgan fingerprint density at radius 1 is 1.21 bits per heavy atom. The number of aromatic nitrogens is 1. The third-order valence-electron chi connectivity index (χ3n) is 7.53. The van der Waals surface area contributed by atoms with Gasteiger partial charge in [0.05, 0.1) is 16.8 Å². The largest absolute Gasteiger partial charge is 0.351 e. The molecule has 1 aromatic carbocycles. The van der Waals surface area contributed by atoms with Crippen LogP contribution in [0.3, 0.4) is 0 Å². The number of fused-ring (bicyclic) bond motifs is 3. The molecule has 1 aliphatic heterocycles. The first kappa shape index (κ1) is 23.4. The maximum absolute atomic E-state index is 14.1. The summed E-state index contributed by atoms with van der Waals surface area (Å²) in [6.07, 6.45) is 7.65. The van der Waals surface area contributed by atoms with Crippen LogP contribution in [0.1, 0.15) is 73.3 Å². The standard InChI is InChI=1S/C27H32ClN3O2S/c1-4-19-14-22-24(34-19)15-23-25(32)31(21-13-9-12-20(28)17(21)2)27(3,16-30(22)23)26(33)29-18-10-7-5-6-8-11-18/h9,12-15,18H,4-8,10-11,16H2,1-3H3,(H,29,33)/t27-/m1/s1. The molecule has 0 bridgehead atoms. The molecule has 0 radical (unpaired) electrons. The van der Waals surface area contributed by atoms with Gasteiger partial charge in [0.2, 0.25) is 5.91 Å². The molecule has 1 saturated carbocycles. The van der Waals surface area contributed by atoms with Crippen molar-refractivity contribution >= 4 is 50.7 Å². The SMILES string of the molecule is CCc1cc2c(cc3n2C[C@](C)(C(=O)NC2CCCCCC2)N(c2cccc(Cl)c2C)C3=O)s1. The number of amides is 2. The van der Waals surface area contributed by atoms with Gasteiger partial charge in [-0.25, -0.2) is 0 Å². The summed E-state index contributed by atoms with van der Waals surface area (Å²) in [5.41, 5.74) is 2.10. The van der Waals surface area contributed by atoms with Gasteiger partial charge in [0.25, 0.3) is 5.91 Å². The summed E-state index contributed by atoms with van der Waals surface area (Å²) in [5.74, 6) is -0.248. The number of aryl methyl sites for hydroxylation is 1. The second-order valence-corrected chi connectivity index (χ2v) is 11.5. The van der Waals surface area contributed by atoms with E-state index in [4.69, 9.17) is 11.6 Å². The Balaban J connectivity index is 1.62. The van der Waals surface area contributed by atoms with Crippen molar-refractivity contribution in [1.29, 1.82) is 0 Å². The highest BCUT2D eigenvalue weighted by Gasteiger charge is 2.49. The Morgan fingerprint density at radius 3 is 2.65 bits per heavy atom. The predicted octanol–water partition coefficient (Wildman–Crippen LogP) is 6.49. The average Bonchev–Trinajstić information content (AvgIpc) is 3.25. The zero-order valence-corrected chi connectivity index (χ0v) is 21.7. The topological polar surface area (TPSA) is 54.3 Å². The molecule has 2 aliphatic rings. The molecule has 1 fully saturated rings. The van der Waals surface area contributed by atoms with Crippen LogP contribution in [0, 0.1) is 6.92 Å². The monoisotopic (exact) mass is 497 g/mol. The summed E-state index contributed by atoms with van der Waals surface area (Å²) < 4.78 is 3.15. The molecule has 0 saturated heterocycles. The van der Waals surface area contributed by atoms with Crippen molar-refractivity contribution in [2.24, 2.45) is 0 Å². The Bertz CT molecular complexity index is 1250. The van der Waals surface area contributed by atoms with Gasteiger partial charge in [-0.15, -0.1) is 11.3 Å². The number of hydrogen-bond donors (Lipinski definition) is 1. The van der Waals surface area contributed by atoms with Crippen LogP contribution in [0.5, 0.6) is 0 Å². The summed E-state index contributed by atoms with van der Waals surface area (Å²) in [4.78, 5) is 31.0. The molecular formula is C27H32ClN3O2S. The highest BCUT2D eigenvalue weighted by Crippen LogP contribution is 2.40. The highest BCUT2D eigenvalue weighted by molar-refractivity contribution is 7.19. The molecule has 3 aromatic rings. The van der Waals surface area contributed by atoms with Crippen LogP contribution in [-0.4, -0.2) is 28.0 Å². The minimum Gasteiger partial charge on any atom is -0.351 e. The Kier molecular flexibility index (Phi) is 6.23. The molecule has 1 aliphatic carbocycles. The number of carbonyl (C=O) groups excluding carboxylic acids is 2. The second-order valence-electron chi connectivity index (χ2n) is 9.89. The van der Waals surface area contributed by atoms with E-state index in [9.17, 15) is 9.59 Å². The fraction of sp³-hybridized carbons (Fsp3) is 0.481. The third kappa shape index (κ3) is 3.85. The molecule has 34 heavy (non-hydrogen) atoms. The van der Waals surface area contributed by atoms with E-state index in [1.165, 1.54) is 17.7 Å². The quantitative estimate of drug-likeness (QED) is 0.419. The summed E-state index contributed by atoms with van der Waals surface area (Å²) in [5, 5.41) is 3.92. The number of anilines is 1. The molecule has 1 atom stereocenters. The molecule has 5 nitrogen and oxygen atoms in total. The van der Waals surface area contributed by atoms with Crippen LogP contribution in [0.2, 0.25) is 5.02 Å². The van der Waals surface area contributed by atoms with Gasteiger partial charge in [-0.2, -0.15) is 0 Å². The van der Waals surface area contributed by atoms with Crippen molar-refractivity contribution in [3.8, 4) is 0 Å². The van der Waals surface area contributed by atoms with E-state index >= 15 is 0 Å². The predicted molar refractivity (Wildman–Crippen MR) is 140 cm³/mol. The molecular weight excluding hydrogens is 466 g/mol. The van der Waals surface area contributed by atoms with Gasteiger partial charge >= 0.3 is 0 Å². The van der Waals surface area contributed by atoms with E-state index in [2.05, 4.69) is 22.9 Å². The van der Waals surface area contributed by atoms with Gasteiger partial charge in [-0.1, -0.05) is 50.3 Å². The number of benzene rings is 1. The lowest BCUT2D eigenvalue weighted by Crippen LogP contribution is -2.65. The summed E-state index contributed by atoms with van der Waals surface area (Å²) >= 11 is 8.19. The van der Waals surface area contributed by atoms with Crippen LogP contribution in [-0.2, 0) is 17.8 Å².